The fourth-order valence-electron chi connectivity index (χ4n) is 1.80. The van der Waals surface area contributed by atoms with Gasteiger partial charge in [0.05, 0.1) is 12.6 Å². The topological polar surface area (TPSA) is 89.9 Å². The van der Waals surface area contributed by atoms with Crippen molar-refractivity contribution in [3.8, 4) is 0 Å². The van der Waals surface area contributed by atoms with Gasteiger partial charge >= 0.3 is 6.03 Å². The normalized spacial score (nSPS) is 25.6. The molecule has 1 heterocycles. The number of nitrogens with zero attached hydrogens (tertiary/aromatic N) is 1. The van der Waals surface area contributed by atoms with E-state index in [9.17, 15) is 19.1 Å². The van der Waals surface area contributed by atoms with Crippen molar-refractivity contribution >= 4 is 11.9 Å². The fourth-order valence-corrected chi connectivity index (χ4v) is 1.80. The van der Waals surface area contributed by atoms with E-state index < -0.39 is 30.3 Å². The summed E-state index contributed by atoms with van der Waals surface area (Å²) in [6, 6.07) is -1.06. The molecule has 3 N–H and O–H groups in total. The van der Waals surface area contributed by atoms with Crippen LogP contribution in [0.3, 0.4) is 0 Å². The molecule has 18 heavy (non-hydrogen) atoms. The first-order chi connectivity index (χ1) is 8.36. The van der Waals surface area contributed by atoms with Gasteiger partial charge in [-0.3, -0.25) is 10.1 Å². The van der Waals surface area contributed by atoms with Gasteiger partial charge in [-0.2, -0.15) is 0 Å². The quantitative estimate of drug-likeness (QED) is 0.631. The number of amides is 3. The predicted molar refractivity (Wildman–Crippen MR) is 61.5 cm³/mol. The summed E-state index contributed by atoms with van der Waals surface area (Å²) in [6.45, 7) is 2.88. The van der Waals surface area contributed by atoms with Gasteiger partial charge in [-0.25, -0.2) is 9.18 Å². The van der Waals surface area contributed by atoms with E-state index in [1.165, 1.54) is 4.90 Å². The van der Waals surface area contributed by atoms with Crippen molar-refractivity contribution in [1.29, 1.82) is 0 Å². The van der Waals surface area contributed by atoms with Crippen LogP contribution in [0.25, 0.3) is 0 Å². The average molecular weight is 262 g/mol. The number of aliphatic hydroxyl groups excluding tert-OH is 2. The van der Waals surface area contributed by atoms with Gasteiger partial charge in [0.2, 0.25) is 0 Å². The van der Waals surface area contributed by atoms with Gasteiger partial charge < -0.3 is 15.1 Å². The zero-order valence-electron chi connectivity index (χ0n) is 10.5. The zero-order chi connectivity index (χ0) is 13.9. The molecule has 0 spiro atoms. The van der Waals surface area contributed by atoms with E-state index in [0.29, 0.717) is 0 Å². The second kappa shape index (κ2) is 6.10. The van der Waals surface area contributed by atoms with Crippen LogP contribution in [0.5, 0.6) is 0 Å². The van der Waals surface area contributed by atoms with Crippen LogP contribution in [-0.4, -0.2) is 58.5 Å². The molecule has 7 heteroatoms. The number of aliphatic hydroxyl groups is 2. The van der Waals surface area contributed by atoms with Crippen molar-refractivity contribution in [2.24, 2.45) is 5.92 Å². The third-order valence-corrected chi connectivity index (χ3v) is 3.19. The molecule has 0 aromatic carbocycles. The molecule has 0 aromatic heterocycles. The SMILES string of the molecule is CC(CO)C(O)CC(C)N1CC(F)C(=O)NC1=O. The summed E-state index contributed by atoms with van der Waals surface area (Å²) in [5, 5.41) is 20.6. The molecule has 0 radical (unpaired) electrons. The fraction of sp³-hybridized carbons (Fsp3) is 0.818. The molecule has 104 valence electrons. The van der Waals surface area contributed by atoms with E-state index in [2.05, 4.69) is 0 Å². The Bertz CT molecular complexity index is 326. The van der Waals surface area contributed by atoms with Gasteiger partial charge in [0, 0.05) is 18.6 Å². The second-order valence-corrected chi connectivity index (χ2v) is 4.73. The number of rotatable bonds is 5. The van der Waals surface area contributed by atoms with Crippen LogP contribution in [0.1, 0.15) is 20.3 Å². The number of nitrogens with one attached hydrogen (secondary N) is 1. The second-order valence-electron chi connectivity index (χ2n) is 4.73. The molecular weight excluding hydrogens is 243 g/mol. The molecule has 1 saturated heterocycles. The summed E-state index contributed by atoms with van der Waals surface area (Å²) in [5.74, 6) is -1.24. The molecule has 3 amide bonds. The molecular formula is C11H19FN2O4. The minimum Gasteiger partial charge on any atom is -0.396 e. The van der Waals surface area contributed by atoms with Gasteiger partial charge in [0.25, 0.3) is 5.91 Å². The summed E-state index contributed by atoms with van der Waals surface area (Å²) in [6.07, 6.45) is -2.30. The highest BCUT2D eigenvalue weighted by Gasteiger charge is 2.35. The molecule has 0 bridgehead atoms. The summed E-state index contributed by atoms with van der Waals surface area (Å²) in [7, 11) is 0. The van der Waals surface area contributed by atoms with Crippen molar-refractivity contribution < 1.29 is 24.2 Å². The van der Waals surface area contributed by atoms with E-state index in [4.69, 9.17) is 5.11 Å². The lowest BCUT2D eigenvalue weighted by atomic mass is 9.98. The first kappa shape index (κ1) is 14.8. The largest absolute Gasteiger partial charge is 0.396 e. The molecule has 1 rings (SSSR count). The van der Waals surface area contributed by atoms with Crippen molar-refractivity contribution in [2.75, 3.05) is 13.2 Å². The number of carbonyl (C=O) groups is 2. The Hall–Kier alpha value is -1.21. The molecule has 1 fully saturated rings. The van der Waals surface area contributed by atoms with Crippen molar-refractivity contribution in [3.63, 3.8) is 0 Å². The zero-order valence-corrected chi connectivity index (χ0v) is 10.5. The Morgan fingerprint density at radius 1 is 1.50 bits per heavy atom. The minimum atomic E-state index is -1.74. The van der Waals surface area contributed by atoms with E-state index in [0.717, 1.165) is 0 Å². The third-order valence-electron chi connectivity index (χ3n) is 3.19. The monoisotopic (exact) mass is 262 g/mol. The number of imide groups is 1. The molecule has 4 unspecified atom stereocenters. The Kier molecular flexibility index (Phi) is 5.03. The lowest BCUT2D eigenvalue weighted by Crippen LogP contribution is -2.58. The van der Waals surface area contributed by atoms with Crippen LogP contribution in [0.4, 0.5) is 9.18 Å². The molecule has 4 atom stereocenters. The highest BCUT2D eigenvalue weighted by atomic mass is 19.1. The highest BCUT2D eigenvalue weighted by molar-refractivity contribution is 5.99. The Labute approximate surface area is 105 Å². The average Bonchev–Trinajstić information content (AvgIpc) is 2.32. The summed E-state index contributed by atoms with van der Waals surface area (Å²) in [4.78, 5) is 23.6. The van der Waals surface area contributed by atoms with Gasteiger partial charge in [-0.05, 0) is 13.3 Å². The van der Waals surface area contributed by atoms with E-state index in [1.54, 1.807) is 13.8 Å². The molecule has 1 aliphatic heterocycles. The number of hydrogen-bond acceptors (Lipinski definition) is 4. The maximum absolute atomic E-state index is 13.2. The van der Waals surface area contributed by atoms with Crippen LogP contribution >= 0.6 is 0 Å². The van der Waals surface area contributed by atoms with Gasteiger partial charge in [0.15, 0.2) is 6.17 Å². The van der Waals surface area contributed by atoms with Crippen LogP contribution in [0, 0.1) is 5.92 Å². The minimum absolute atomic E-state index is 0.162. The lowest BCUT2D eigenvalue weighted by Gasteiger charge is -2.35. The maximum atomic E-state index is 13.2. The van der Waals surface area contributed by atoms with Gasteiger partial charge in [0.1, 0.15) is 0 Å². The van der Waals surface area contributed by atoms with E-state index in [1.807, 2.05) is 5.32 Å². The van der Waals surface area contributed by atoms with Crippen molar-refractivity contribution in [1.82, 2.24) is 10.2 Å². The summed E-state index contributed by atoms with van der Waals surface area (Å²) < 4.78 is 13.2. The molecule has 0 saturated carbocycles. The van der Waals surface area contributed by atoms with Crippen molar-refractivity contribution in [2.45, 2.75) is 38.6 Å². The predicted octanol–water partition coefficient (Wildman–Crippen LogP) is -0.356. The number of urea groups is 1. The third kappa shape index (κ3) is 3.39. The van der Waals surface area contributed by atoms with Crippen molar-refractivity contribution in [3.05, 3.63) is 0 Å². The Balaban J connectivity index is 2.58. The number of carbonyl (C=O) groups excluding carboxylic acids is 2. The first-order valence-corrected chi connectivity index (χ1v) is 5.91. The molecule has 0 aliphatic carbocycles. The standard InChI is InChI=1S/C11H19FN2O4/c1-6(5-15)9(16)3-7(2)14-4-8(12)10(17)13-11(14)18/h6-9,15-16H,3-5H2,1-2H3,(H,13,17,18). The number of halogens is 1. The molecule has 0 aromatic rings. The molecule has 6 nitrogen and oxygen atoms in total. The first-order valence-electron chi connectivity index (χ1n) is 5.91. The lowest BCUT2D eigenvalue weighted by molar-refractivity contribution is -0.127. The van der Waals surface area contributed by atoms with E-state index >= 15 is 0 Å². The Morgan fingerprint density at radius 3 is 2.67 bits per heavy atom. The van der Waals surface area contributed by atoms with Gasteiger partial charge in [-0.15, -0.1) is 0 Å². The highest BCUT2D eigenvalue weighted by Crippen LogP contribution is 2.16. The Morgan fingerprint density at radius 2 is 2.11 bits per heavy atom. The number of alkyl halides is 1. The van der Waals surface area contributed by atoms with Crippen LogP contribution < -0.4 is 5.32 Å². The maximum Gasteiger partial charge on any atom is 0.324 e. The van der Waals surface area contributed by atoms with Crippen LogP contribution in [0.2, 0.25) is 0 Å². The van der Waals surface area contributed by atoms with E-state index in [-0.39, 0.29) is 25.5 Å². The molecule has 1 aliphatic rings. The van der Waals surface area contributed by atoms with Gasteiger partial charge in [-0.1, -0.05) is 6.92 Å². The smallest absolute Gasteiger partial charge is 0.324 e. The van der Waals surface area contributed by atoms with Crippen LogP contribution in [0.15, 0.2) is 0 Å². The number of hydrogen-bond donors (Lipinski definition) is 3. The van der Waals surface area contributed by atoms with Crippen LogP contribution in [-0.2, 0) is 4.79 Å². The summed E-state index contributed by atoms with van der Waals surface area (Å²) >= 11 is 0. The summed E-state index contributed by atoms with van der Waals surface area (Å²) in [5.41, 5.74) is 0.